The summed E-state index contributed by atoms with van der Waals surface area (Å²) in [6.07, 6.45) is 5.93. The molecular weight excluding hydrogens is 366 g/mol. The van der Waals surface area contributed by atoms with Crippen LogP contribution in [0, 0.1) is 12.8 Å². The van der Waals surface area contributed by atoms with Crippen molar-refractivity contribution >= 4 is 44.2 Å². The van der Waals surface area contributed by atoms with Gasteiger partial charge in [0.15, 0.2) is 5.13 Å². The first kappa shape index (κ1) is 17.4. The van der Waals surface area contributed by atoms with Crippen molar-refractivity contribution < 1.29 is 4.79 Å². The van der Waals surface area contributed by atoms with Gasteiger partial charge in [0.2, 0.25) is 5.91 Å². The normalized spacial score (nSPS) is 14.8. The molecule has 0 bridgehead atoms. The number of carbonyl (C=O) groups excluding carboxylic acids is 1. The van der Waals surface area contributed by atoms with Crippen LogP contribution in [0.3, 0.4) is 0 Å². The summed E-state index contributed by atoms with van der Waals surface area (Å²) < 4.78 is 0.937. The molecule has 3 aromatic rings. The van der Waals surface area contributed by atoms with E-state index >= 15 is 0 Å². The van der Waals surface area contributed by atoms with Crippen LogP contribution >= 0.6 is 22.9 Å². The Morgan fingerprint density at radius 1 is 1.27 bits per heavy atom. The third kappa shape index (κ3) is 3.33. The zero-order chi connectivity index (χ0) is 18.1. The quantitative estimate of drug-likeness (QED) is 0.605. The Balaban J connectivity index is 1.75. The molecule has 1 aliphatic rings. The predicted octanol–water partition coefficient (Wildman–Crippen LogP) is 5.38. The molecule has 0 saturated heterocycles. The first-order valence-corrected chi connectivity index (χ1v) is 10.1. The molecule has 4 nitrogen and oxygen atoms in total. The minimum Gasteiger partial charge on any atom is -0.282 e. The number of amides is 1. The number of halogens is 1. The number of pyridine rings is 1. The fraction of sp³-hybridized carbons (Fsp3) is 0.350. The fourth-order valence-electron chi connectivity index (χ4n) is 3.49. The van der Waals surface area contributed by atoms with Crippen molar-refractivity contribution in [2.75, 3.05) is 4.90 Å². The van der Waals surface area contributed by atoms with Gasteiger partial charge in [0.25, 0.3) is 0 Å². The maximum Gasteiger partial charge on any atom is 0.232 e. The van der Waals surface area contributed by atoms with Gasteiger partial charge in [-0.1, -0.05) is 47.9 Å². The first-order chi connectivity index (χ1) is 12.6. The molecule has 0 radical (unpaired) electrons. The van der Waals surface area contributed by atoms with Crippen molar-refractivity contribution in [1.29, 1.82) is 0 Å². The third-order valence-corrected chi connectivity index (χ3v) is 6.47. The van der Waals surface area contributed by atoms with E-state index in [0.29, 0.717) is 16.7 Å². The van der Waals surface area contributed by atoms with Crippen LogP contribution in [0.25, 0.3) is 10.2 Å². The number of nitrogens with zero attached hydrogens (tertiary/aromatic N) is 3. The summed E-state index contributed by atoms with van der Waals surface area (Å²) in [7, 11) is 0. The molecule has 4 rings (SSSR count). The molecule has 1 fully saturated rings. The first-order valence-electron chi connectivity index (χ1n) is 8.90. The third-order valence-electron chi connectivity index (χ3n) is 4.93. The lowest BCUT2D eigenvalue weighted by Crippen LogP contribution is -2.35. The Bertz CT molecular complexity index is 896. The highest BCUT2D eigenvalue weighted by Gasteiger charge is 2.30. The lowest BCUT2D eigenvalue weighted by Gasteiger charge is -2.22. The zero-order valence-electron chi connectivity index (χ0n) is 14.6. The number of aromatic nitrogens is 2. The number of fused-ring (bicyclic) bond motifs is 1. The van der Waals surface area contributed by atoms with E-state index in [2.05, 4.69) is 4.98 Å². The molecule has 6 heteroatoms. The molecule has 2 heterocycles. The van der Waals surface area contributed by atoms with Gasteiger partial charge in [-0.15, -0.1) is 0 Å². The predicted molar refractivity (Wildman–Crippen MR) is 107 cm³/mol. The van der Waals surface area contributed by atoms with E-state index in [-0.39, 0.29) is 11.8 Å². The number of benzene rings is 1. The summed E-state index contributed by atoms with van der Waals surface area (Å²) in [6, 6.07) is 9.63. The molecule has 1 aromatic carbocycles. The van der Waals surface area contributed by atoms with Crippen LogP contribution in [0.4, 0.5) is 5.13 Å². The van der Waals surface area contributed by atoms with Gasteiger partial charge in [-0.2, -0.15) is 0 Å². The van der Waals surface area contributed by atoms with Crippen molar-refractivity contribution in [1.82, 2.24) is 9.97 Å². The Hall–Kier alpha value is -1.98. The lowest BCUT2D eigenvalue weighted by atomic mass is 10.1. The van der Waals surface area contributed by atoms with Crippen LogP contribution in [0.2, 0.25) is 5.02 Å². The van der Waals surface area contributed by atoms with Gasteiger partial charge in [-0.05, 0) is 43.5 Å². The molecule has 0 atom stereocenters. The summed E-state index contributed by atoms with van der Waals surface area (Å²) in [5.74, 6) is 0.239. The molecule has 2 aromatic heterocycles. The Labute approximate surface area is 161 Å². The van der Waals surface area contributed by atoms with Crippen LogP contribution < -0.4 is 4.90 Å². The van der Waals surface area contributed by atoms with Crippen LogP contribution in [0.5, 0.6) is 0 Å². The van der Waals surface area contributed by atoms with E-state index in [1.54, 1.807) is 11.1 Å². The minimum absolute atomic E-state index is 0.0855. The molecule has 0 spiro atoms. The van der Waals surface area contributed by atoms with Gasteiger partial charge in [-0.25, -0.2) is 4.98 Å². The van der Waals surface area contributed by atoms with E-state index in [0.717, 1.165) is 47.2 Å². The van der Waals surface area contributed by atoms with Gasteiger partial charge < -0.3 is 0 Å². The molecule has 0 N–H and O–H groups in total. The number of hydrogen-bond donors (Lipinski definition) is 0. The monoisotopic (exact) mass is 385 g/mol. The fourth-order valence-corrected chi connectivity index (χ4v) is 4.81. The van der Waals surface area contributed by atoms with E-state index < -0.39 is 0 Å². The summed E-state index contributed by atoms with van der Waals surface area (Å²) in [4.78, 5) is 24.2. The van der Waals surface area contributed by atoms with Crippen LogP contribution in [-0.2, 0) is 11.3 Å². The molecular formula is C20H20ClN3OS. The number of thiazole rings is 1. The smallest absolute Gasteiger partial charge is 0.232 e. The maximum atomic E-state index is 13.2. The van der Waals surface area contributed by atoms with Crippen molar-refractivity contribution in [2.24, 2.45) is 5.92 Å². The van der Waals surface area contributed by atoms with Crippen molar-refractivity contribution in [3.05, 3.63) is 52.8 Å². The minimum atomic E-state index is 0.0855. The standard InChI is InChI=1S/C20H20ClN3OS/c1-13-9-10-16(21)18-17(13)23-20(26-18)24(12-15-8-4-5-11-22-15)19(25)14-6-2-3-7-14/h4-5,8-11,14H,2-3,6-7,12H2,1H3. The molecule has 0 aliphatic heterocycles. The average molecular weight is 386 g/mol. The largest absolute Gasteiger partial charge is 0.282 e. The molecule has 26 heavy (non-hydrogen) atoms. The number of anilines is 1. The van der Waals surface area contributed by atoms with Crippen molar-refractivity contribution in [2.45, 2.75) is 39.2 Å². The second kappa shape index (κ2) is 7.33. The van der Waals surface area contributed by atoms with E-state index in [9.17, 15) is 4.79 Å². The number of rotatable bonds is 4. The highest BCUT2D eigenvalue weighted by Crippen LogP contribution is 2.37. The van der Waals surface area contributed by atoms with Gasteiger partial charge in [0.1, 0.15) is 0 Å². The molecule has 134 valence electrons. The van der Waals surface area contributed by atoms with Gasteiger partial charge in [-0.3, -0.25) is 14.7 Å². The summed E-state index contributed by atoms with van der Waals surface area (Å²) in [6.45, 7) is 2.46. The molecule has 1 aliphatic carbocycles. The summed E-state index contributed by atoms with van der Waals surface area (Å²) >= 11 is 7.86. The highest BCUT2D eigenvalue weighted by molar-refractivity contribution is 7.23. The molecule has 0 unspecified atom stereocenters. The van der Waals surface area contributed by atoms with E-state index in [1.165, 1.54) is 11.3 Å². The van der Waals surface area contributed by atoms with Gasteiger partial charge >= 0.3 is 0 Å². The highest BCUT2D eigenvalue weighted by atomic mass is 35.5. The Kier molecular flexibility index (Phi) is 4.92. The van der Waals surface area contributed by atoms with E-state index in [1.807, 2.05) is 37.3 Å². The number of hydrogen-bond acceptors (Lipinski definition) is 4. The van der Waals surface area contributed by atoms with Crippen LogP contribution in [0.15, 0.2) is 36.5 Å². The second-order valence-electron chi connectivity index (χ2n) is 6.77. The number of aryl methyl sites for hydroxylation is 1. The SMILES string of the molecule is Cc1ccc(Cl)c2sc(N(Cc3ccccn3)C(=O)C3CCCC3)nc12. The van der Waals surface area contributed by atoms with Crippen LogP contribution in [-0.4, -0.2) is 15.9 Å². The Morgan fingerprint density at radius 2 is 2.08 bits per heavy atom. The second-order valence-corrected chi connectivity index (χ2v) is 8.15. The van der Waals surface area contributed by atoms with Crippen molar-refractivity contribution in [3.63, 3.8) is 0 Å². The van der Waals surface area contributed by atoms with Gasteiger partial charge in [0, 0.05) is 12.1 Å². The lowest BCUT2D eigenvalue weighted by molar-refractivity contribution is -0.122. The maximum absolute atomic E-state index is 13.2. The summed E-state index contributed by atoms with van der Waals surface area (Å²) in [5.41, 5.74) is 2.81. The molecule has 1 amide bonds. The Morgan fingerprint density at radius 3 is 2.77 bits per heavy atom. The zero-order valence-corrected chi connectivity index (χ0v) is 16.2. The summed E-state index contributed by atoms with van der Waals surface area (Å²) in [5, 5.41) is 1.39. The molecule has 1 saturated carbocycles. The van der Waals surface area contributed by atoms with Crippen LogP contribution in [0.1, 0.15) is 36.9 Å². The average Bonchev–Trinajstić information content (AvgIpc) is 3.33. The van der Waals surface area contributed by atoms with E-state index in [4.69, 9.17) is 16.6 Å². The van der Waals surface area contributed by atoms with Gasteiger partial charge in [0.05, 0.1) is 27.5 Å². The number of carbonyl (C=O) groups is 1. The van der Waals surface area contributed by atoms with Crippen molar-refractivity contribution in [3.8, 4) is 0 Å². The topological polar surface area (TPSA) is 46.1 Å².